The molecule has 0 unspecified atom stereocenters. The van der Waals surface area contributed by atoms with Crippen LogP contribution in [0.15, 0.2) is 66.7 Å². The molecule has 0 spiro atoms. The predicted octanol–water partition coefficient (Wildman–Crippen LogP) is 5.50. The molecule has 3 aromatic carbocycles. The minimum Gasteiger partial charge on any atom is -0.495 e. The number of hydrogen-bond acceptors (Lipinski definition) is 4. The maximum absolute atomic E-state index is 12.4. The van der Waals surface area contributed by atoms with E-state index in [1.54, 1.807) is 12.1 Å². The van der Waals surface area contributed by atoms with Gasteiger partial charge in [0.25, 0.3) is 0 Å². The molecule has 3 rings (SSSR count). The van der Waals surface area contributed by atoms with Crippen LogP contribution in [0.1, 0.15) is 5.56 Å². The lowest BCUT2D eigenvalue weighted by molar-refractivity contribution is -0.114. The summed E-state index contributed by atoms with van der Waals surface area (Å²) in [5.74, 6) is 1.66. The van der Waals surface area contributed by atoms with E-state index in [9.17, 15) is 4.79 Å². The van der Waals surface area contributed by atoms with Crippen molar-refractivity contribution >= 4 is 28.9 Å². The van der Waals surface area contributed by atoms with Crippen molar-refractivity contribution in [2.75, 3.05) is 24.3 Å². The van der Waals surface area contributed by atoms with Crippen molar-refractivity contribution in [2.24, 2.45) is 0 Å². The summed E-state index contributed by atoms with van der Waals surface area (Å²) >= 11 is 6.11. The van der Waals surface area contributed by atoms with Gasteiger partial charge in [-0.05, 0) is 42.8 Å². The number of nitrogens with one attached hydrogen (secondary N) is 2. The number of para-hydroxylation sites is 3. The molecule has 0 aliphatic heterocycles. The normalized spacial score (nSPS) is 10.2. The van der Waals surface area contributed by atoms with Gasteiger partial charge < -0.3 is 20.1 Å². The molecule has 0 aliphatic rings. The number of rotatable bonds is 7. The molecule has 2 N–H and O–H groups in total. The minimum atomic E-state index is -0.213. The van der Waals surface area contributed by atoms with Gasteiger partial charge in [0.2, 0.25) is 5.91 Å². The van der Waals surface area contributed by atoms with E-state index in [1.165, 1.54) is 7.11 Å². The van der Waals surface area contributed by atoms with Crippen LogP contribution < -0.4 is 20.1 Å². The van der Waals surface area contributed by atoms with Crippen molar-refractivity contribution in [2.45, 2.75) is 6.92 Å². The van der Waals surface area contributed by atoms with E-state index in [4.69, 9.17) is 21.1 Å². The molecule has 0 saturated carbocycles. The van der Waals surface area contributed by atoms with Gasteiger partial charge in [-0.3, -0.25) is 4.79 Å². The van der Waals surface area contributed by atoms with Crippen molar-refractivity contribution in [3.63, 3.8) is 0 Å². The molecule has 144 valence electrons. The highest BCUT2D eigenvalue weighted by Gasteiger charge is 2.11. The van der Waals surface area contributed by atoms with E-state index in [1.807, 2.05) is 61.5 Å². The second-order valence-corrected chi connectivity index (χ2v) is 6.52. The maximum Gasteiger partial charge on any atom is 0.243 e. The summed E-state index contributed by atoms with van der Waals surface area (Å²) in [6, 6.07) is 20.4. The second-order valence-electron chi connectivity index (χ2n) is 6.11. The molecule has 1 amide bonds. The van der Waals surface area contributed by atoms with Crippen molar-refractivity contribution in [3.8, 4) is 17.2 Å². The topological polar surface area (TPSA) is 59.6 Å². The molecule has 3 aromatic rings. The number of amides is 1. The smallest absolute Gasteiger partial charge is 0.243 e. The second kappa shape index (κ2) is 9.15. The van der Waals surface area contributed by atoms with E-state index in [2.05, 4.69) is 10.6 Å². The number of aryl methyl sites for hydroxylation is 1. The van der Waals surface area contributed by atoms with Gasteiger partial charge in [-0.15, -0.1) is 0 Å². The zero-order valence-electron chi connectivity index (χ0n) is 15.7. The first kappa shape index (κ1) is 19.6. The van der Waals surface area contributed by atoms with Gasteiger partial charge in [-0.1, -0.05) is 41.9 Å². The third kappa shape index (κ3) is 4.96. The average Bonchev–Trinajstić information content (AvgIpc) is 2.70. The number of anilines is 2. The molecule has 0 fully saturated rings. The highest BCUT2D eigenvalue weighted by molar-refractivity contribution is 6.31. The average molecular weight is 397 g/mol. The molecule has 28 heavy (non-hydrogen) atoms. The predicted molar refractivity (Wildman–Crippen MR) is 113 cm³/mol. The van der Waals surface area contributed by atoms with Crippen LogP contribution >= 0.6 is 11.6 Å². The van der Waals surface area contributed by atoms with Crippen LogP contribution in [0.5, 0.6) is 17.2 Å². The Kier molecular flexibility index (Phi) is 6.40. The Hall–Kier alpha value is -3.18. The number of halogens is 1. The summed E-state index contributed by atoms with van der Waals surface area (Å²) in [5.41, 5.74) is 2.15. The summed E-state index contributed by atoms with van der Waals surface area (Å²) in [6.45, 7) is 1.94. The molecule has 0 atom stereocenters. The number of hydrogen-bond donors (Lipinski definition) is 2. The van der Waals surface area contributed by atoms with Crippen LogP contribution in [0.2, 0.25) is 5.02 Å². The summed E-state index contributed by atoms with van der Waals surface area (Å²) < 4.78 is 11.2. The number of carbonyl (C=O) groups is 1. The Balaban J connectivity index is 1.66. The number of methoxy groups -OCH3 is 1. The van der Waals surface area contributed by atoms with Crippen molar-refractivity contribution in [1.82, 2.24) is 0 Å². The first-order valence-corrected chi connectivity index (χ1v) is 9.14. The van der Waals surface area contributed by atoms with Gasteiger partial charge in [-0.2, -0.15) is 0 Å². The van der Waals surface area contributed by atoms with E-state index in [0.29, 0.717) is 22.2 Å². The van der Waals surface area contributed by atoms with Gasteiger partial charge >= 0.3 is 0 Å². The molecule has 6 heteroatoms. The summed E-state index contributed by atoms with van der Waals surface area (Å²) in [6.07, 6.45) is 0. The Morgan fingerprint density at radius 3 is 2.43 bits per heavy atom. The SMILES string of the molecule is COc1cc(Cl)c(C)cc1NC(=O)CNc1ccccc1Oc1ccccc1. The van der Waals surface area contributed by atoms with Crippen LogP contribution in [0.25, 0.3) is 0 Å². The van der Waals surface area contributed by atoms with Crippen LogP contribution in [-0.2, 0) is 4.79 Å². The van der Waals surface area contributed by atoms with Crippen LogP contribution in [0.3, 0.4) is 0 Å². The number of ether oxygens (including phenoxy) is 2. The Bertz CT molecular complexity index is 961. The summed E-state index contributed by atoms with van der Waals surface area (Å²) in [5, 5.41) is 6.54. The van der Waals surface area contributed by atoms with Crippen LogP contribution in [0.4, 0.5) is 11.4 Å². The fourth-order valence-corrected chi connectivity index (χ4v) is 2.77. The lowest BCUT2D eigenvalue weighted by Gasteiger charge is -2.14. The monoisotopic (exact) mass is 396 g/mol. The number of benzene rings is 3. The molecule has 0 radical (unpaired) electrons. The molecular formula is C22H21ClN2O3. The third-order valence-corrected chi connectivity index (χ3v) is 4.46. The Morgan fingerprint density at radius 1 is 0.964 bits per heavy atom. The van der Waals surface area contributed by atoms with E-state index >= 15 is 0 Å². The fraction of sp³-hybridized carbons (Fsp3) is 0.136. The van der Waals surface area contributed by atoms with Gasteiger partial charge in [0.1, 0.15) is 11.5 Å². The van der Waals surface area contributed by atoms with E-state index in [-0.39, 0.29) is 12.5 Å². The van der Waals surface area contributed by atoms with Gasteiger partial charge in [0, 0.05) is 11.1 Å². The third-order valence-electron chi connectivity index (χ3n) is 4.05. The Labute approximate surface area is 169 Å². The molecule has 5 nitrogen and oxygen atoms in total. The standard InChI is InChI=1S/C22H21ClN2O3/c1-15-12-19(21(27-2)13-17(15)23)25-22(26)14-24-18-10-6-7-11-20(18)28-16-8-4-3-5-9-16/h3-13,24H,14H2,1-2H3,(H,25,26). The molecule has 0 aromatic heterocycles. The summed E-state index contributed by atoms with van der Waals surface area (Å²) in [4.78, 5) is 12.4. The van der Waals surface area contributed by atoms with Crippen molar-refractivity contribution < 1.29 is 14.3 Å². The van der Waals surface area contributed by atoms with Crippen LogP contribution in [0, 0.1) is 6.92 Å². The summed E-state index contributed by atoms with van der Waals surface area (Å²) in [7, 11) is 1.53. The molecule has 0 bridgehead atoms. The van der Waals surface area contributed by atoms with Gasteiger partial charge in [0.05, 0.1) is 25.0 Å². The molecular weight excluding hydrogens is 376 g/mol. The molecule has 0 heterocycles. The van der Waals surface area contributed by atoms with E-state index < -0.39 is 0 Å². The molecule has 0 saturated heterocycles. The zero-order chi connectivity index (χ0) is 19.9. The first-order valence-electron chi connectivity index (χ1n) is 8.76. The zero-order valence-corrected chi connectivity index (χ0v) is 16.4. The lowest BCUT2D eigenvalue weighted by atomic mass is 10.2. The van der Waals surface area contributed by atoms with Crippen molar-refractivity contribution in [3.05, 3.63) is 77.3 Å². The fourth-order valence-electron chi connectivity index (χ4n) is 2.62. The highest BCUT2D eigenvalue weighted by Crippen LogP contribution is 2.31. The minimum absolute atomic E-state index is 0.0694. The van der Waals surface area contributed by atoms with Crippen LogP contribution in [-0.4, -0.2) is 19.6 Å². The largest absolute Gasteiger partial charge is 0.495 e. The van der Waals surface area contributed by atoms with Crippen molar-refractivity contribution in [1.29, 1.82) is 0 Å². The highest BCUT2D eigenvalue weighted by atomic mass is 35.5. The van der Waals surface area contributed by atoms with E-state index in [0.717, 1.165) is 17.0 Å². The Morgan fingerprint density at radius 2 is 1.68 bits per heavy atom. The maximum atomic E-state index is 12.4. The first-order chi connectivity index (χ1) is 13.6. The van der Waals surface area contributed by atoms with Gasteiger partial charge in [0.15, 0.2) is 5.75 Å². The quantitative estimate of drug-likeness (QED) is 0.553. The lowest BCUT2D eigenvalue weighted by Crippen LogP contribution is -2.22. The van der Waals surface area contributed by atoms with Gasteiger partial charge in [-0.25, -0.2) is 0 Å². The molecule has 0 aliphatic carbocycles. The number of carbonyl (C=O) groups excluding carboxylic acids is 1.